The van der Waals surface area contributed by atoms with E-state index in [0.29, 0.717) is 5.92 Å². The molecule has 0 aliphatic rings. The minimum Gasteiger partial charge on any atom is -0.385 e. The predicted molar refractivity (Wildman–Crippen MR) is 77.0 cm³/mol. The first-order valence-electron chi connectivity index (χ1n) is 6.75. The summed E-state index contributed by atoms with van der Waals surface area (Å²) in [7, 11) is 0. The highest BCUT2D eigenvalue weighted by Gasteiger charge is 2.04. The van der Waals surface area contributed by atoms with Crippen LogP contribution in [0.15, 0.2) is 24.3 Å². The number of benzene rings is 1. The number of carbonyl (C=O) groups is 1. The van der Waals surface area contributed by atoms with Crippen LogP contribution in [0.2, 0.25) is 0 Å². The van der Waals surface area contributed by atoms with Crippen LogP contribution >= 0.6 is 0 Å². The maximum Gasteiger partial charge on any atom is 0.251 e. The zero-order valence-electron chi connectivity index (χ0n) is 11.6. The lowest BCUT2D eigenvalue weighted by atomic mass is 10.1. The first-order valence-corrected chi connectivity index (χ1v) is 6.75. The van der Waals surface area contributed by atoms with Crippen molar-refractivity contribution in [3.8, 4) is 0 Å². The van der Waals surface area contributed by atoms with E-state index in [0.717, 1.165) is 37.2 Å². The summed E-state index contributed by atoms with van der Waals surface area (Å²) in [6.45, 7) is 8.14. The average molecular weight is 248 g/mol. The maximum atomic E-state index is 11.8. The van der Waals surface area contributed by atoms with Crippen LogP contribution < -0.4 is 10.6 Å². The normalized spacial score (nSPS) is 10.4. The molecular formula is C15H24N2O. The lowest BCUT2D eigenvalue weighted by Crippen LogP contribution is -2.25. The lowest BCUT2D eigenvalue weighted by Gasteiger charge is -2.08. The number of carbonyl (C=O) groups excluding carboxylic acids is 1. The third-order valence-electron chi connectivity index (χ3n) is 2.73. The minimum absolute atomic E-state index is 0.0118. The molecule has 0 spiro atoms. The van der Waals surface area contributed by atoms with Crippen LogP contribution in [0.25, 0.3) is 0 Å². The third-order valence-corrected chi connectivity index (χ3v) is 2.73. The minimum atomic E-state index is 0.0118. The van der Waals surface area contributed by atoms with E-state index in [1.807, 2.05) is 24.3 Å². The van der Waals surface area contributed by atoms with E-state index < -0.39 is 0 Å². The Labute approximate surface area is 110 Å². The molecule has 1 amide bonds. The molecule has 3 nitrogen and oxygen atoms in total. The smallest absolute Gasteiger partial charge is 0.251 e. The van der Waals surface area contributed by atoms with Gasteiger partial charge in [0, 0.05) is 24.3 Å². The summed E-state index contributed by atoms with van der Waals surface area (Å²) in [5.74, 6) is 0.628. The van der Waals surface area contributed by atoms with Gasteiger partial charge in [-0.25, -0.2) is 0 Å². The Kier molecular flexibility index (Phi) is 6.26. The second-order valence-corrected chi connectivity index (χ2v) is 4.94. The zero-order chi connectivity index (χ0) is 13.4. The topological polar surface area (TPSA) is 41.1 Å². The van der Waals surface area contributed by atoms with Crippen LogP contribution in [0.1, 0.15) is 44.0 Å². The highest BCUT2D eigenvalue weighted by molar-refractivity contribution is 5.94. The number of rotatable bonds is 7. The molecule has 100 valence electrons. The molecule has 2 N–H and O–H groups in total. The molecular weight excluding hydrogens is 224 g/mol. The summed E-state index contributed by atoms with van der Waals surface area (Å²) >= 11 is 0. The van der Waals surface area contributed by atoms with Gasteiger partial charge in [-0.1, -0.05) is 20.8 Å². The summed E-state index contributed by atoms with van der Waals surface area (Å²) in [5.41, 5.74) is 1.79. The van der Waals surface area contributed by atoms with E-state index in [4.69, 9.17) is 0 Å². The van der Waals surface area contributed by atoms with E-state index in [9.17, 15) is 4.79 Å². The molecule has 0 unspecified atom stereocenters. The average Bonchev–Trinajstić information content (AvgIpc) is 2.36. The molecule has 1 rings (SSSR count). The molecule has 0 saturated heterocycles. The molecule has 0 radical (unpaired) electrons. The summed E-state index contributed by atoms with van der Waals surface area (Å²) in [6, 6.07) is 7.63. The van der Waals surface area contributed by atoms with E-state index >= 15 is 0 Å². The van der Waals surface area contributed by atoms with Crippen molar-refractivity contribution in [1.29, 1.82) is 0 Å². The first-order chi connectivity index (χ1) is 8.63. The van der Waals surface area contributed by atoms with Crippen LogP contribution in [0, 0.1) is 5.92 Å². The lowest BCUT2D eigenvalue weighted by molar-refractivity contribution is 0.0952. The second kappa shape index (κ2) is 7.75. The van der Waals surface area contributed by atoms with Crippen molar-refractivity contribution < 1.29 is 4.79 Å². The molecule has 0 fully saturated rings. The van der Waals surface area contributed by atoms with Gasteiger partial charge in [-0.15, -0.1) is 0 Å². The Hall–Kier alpha value is -1.51. The van der Waals surface area contributed by atoms with Crippen LogP contribution in [0.4, 0.5) is 5.69 Å². The Morgan fingerprint density at radius 3 is 2.39 bits per heavy atom. The molecule has 0 saturated carbocycles. The Morgan fingerprint density at radius 2 is 1.83 bits per heavy atom. The van der Waals surface area contributed by atoms with Gasteiger partial charge in [0.15, 0.2) is 0 Å². The van der Waals surface area contributed by atoms with Crippen LogP contribution in [-0.4, -0.2) is 19.0 Å². The van der Waals surface area contributed by atoms with Crippen LogP contribution in [0.5, 0.6) is 0 Å². The van der Waals surface area contributed by atoms with Crippen molar-refractivity contribution in [1.82, 2.24) is 5.32 Å². The second-order valence-electron chi connectivity index (χ2n) is 4.94. The monoisotopic (exact) mass is 248 g/mol. The Morgan fingerprint density at radius 1 is 1.17 bits per heavy atom. The van der Waals surface area contributed by atoms with Gasteiger partial charge in [-0.3, -0.25) is 4.79 Å². The molecule has 1 aromatic carbocycles. The number of hydrogen-bond acceptors (Lipinski definition) is 2. The molecule has 3 heteroatoms. The van der Waals surface area contributed by atoms with E-state index in [2.05, 4.69) is 31.4 Å². The fourth-order valence-corrected chi connectivity index (χ4v) is 1.59. The summed E-state index contributed by atoms with van der Waals surface area (Å²) < 4.78 is 0. The van der Waals surface area contributed by atoms with Crippen LogP contribution in [0.3, 0.4) is 0 Å². The first kappa shape index (κ1) is 14.6. The van der Waals surface area contributed by atoms with E-state index in [1.54, 1.807) is 0 Å². The van der Waals surface area contributed by atoms with Crippen molar-refractivity contribution in [2.24, 2.45) is 5.92 Å². The standard InChI is InChI=1S/C15H24N2O/c1-4-10-16-14-7-5-13(6-8-14)15(18)17-11-9-12(2)3/h5-8,12,16H,4,9-11H2,1-3H3,(H,17,18). The summed E-state index contributed by atoms with van der Waals surface area (Å²) in [6.07, 6.45) is 2.11. The van der Waals surface area contributed by atoms with Crippen molar-refractivity contribution in [2.75, 3.05) is 18.4 Å². The SMILES string of the molecule is CCCNc1ccc(C(=O)NCCC(C)C)cc1. The molecule has 0 aliphatic heterocycles. The molecule has 1 aromatic rings. The van der Waals surface area contributed by atoms with Crippen molar-refractivity contribution >= 4 is 11.6 Å². The summed E-state index contributed by atoms with van der Waals surface area (Å²) in [4.78, 5) is 11.8. The van der Waals surface area contributed by atoms with Gasteiger partial charge in [-0.05, 0) is 43.0 Å². The zero-order valence-corrected chi connectivity index (χ0v) is 11.6. The highest BCUT2D eigenvalue weighted by atomic mass is 16.1. The van der Waals surface area contributed by atoms with Crippen molar-refractivity contribution in [2.45, 2.75) is 33.6 Å². The van der Waals surface area contributed by atoms with Gasteiger partial charge in [0.25, 0.3) is 5.91 Å². The maximum absolute atomic E-state index is 11.8. The molecule has 0 aromatic heterocycles. The fourth-order valence-electron chi connectivity index (χ4n) is 1.59. The van der Waals surface area contributed by atoms with Gasteiger partial charge in [-0.2, -0.15) is 0 Å². The number of amides is 1. The number of anilines is 1. The molecule has 0 bridgehead atoms. The van der Waals surface area contributed by atoms with Crippen LogP contribution in [-0.2, 0) is 0 Å². The third kappa shape index (κ3) is 5.21. The van der Waals surface area contributed by atoms with Crippen molar-refractivity contribution in [3.05, 3.63) is 29.8 Å². The highest BCUT2D eigenvalue weighted by Crippen LogP contribution is 2.09. The number of hydrogen-bond donors (Lipinski definition) is 2. The predicted octanol–water partition coefficient (Wildman–Crippen LogP) is 3.28. The van der Waals surface area contributed by atoms with Gasteiger partial charge < -0.3 is 10.6 Å². The van der Waals surface area contributed by atoms with Crippen molar-refractivity contribution in [3.63, 3.8) is 0 Å². The van der Waals surface area contributed by atoms with Gasteiger partial charge in [0.2, 0.25) is 0 Å². The largest absolute Gasteiger partial charge is 0.385 e. The molecule has 18 heavy (non-hydrogen) atoms. The number of nitrogens with one attached hydrogen (secondary N) is 2. The Balaban J connectivity index is 2.43. The van der Waals surface area contributed by atoms with Gasteiger partial charge >= 0.3 is 0 Å². The molecule has 0 atom stereocenters. The molecule has 0 aliphatic carbocycles. The summed E-state index contributed by atoms with van der Waals surface area (Å²) in [5, 5.41) is 6.22. The van der Waals surface area contributed by atoms with Gasteiger partial charge in [0.1, 0.15) is 0 Å². The van der Waals surface area contributed by atoms with E-state index in [1.165, 1.54) is 0 Å². The fraction of sp³-hybridized carbons (Fsp3) is 0.533. The molecule has 0 heterocycles. The van der Waals surface area contributed by atoms with E-state index in [-0.39, 0.29) is 5.91 Å². The quantitative estimate of drug-likeness (QED) is 0.777. The van der Waals surface area contributed by atoms with Gasteiger partial charge in [0.05, 0.1) is 0 Å². The Bertz CT molecular complexity index is 357.